The standard InChI is InChI=1S/C19H32N8O8/c20-9(3-1-5-24-19(22)23)15(31)25-10(7-13(21)28)17(33)27-6-2-4-12(27)16(32)26-11(18(34)35)8-14(29)30/h9-12H,1-8,20H2,(H2,21,28)(H,25,31)(H,26,32)(H,29,30)(H,34,35)(H4,22,23,24). The number of nitrogens with zero attached hydrogens (tertiary/aromatic N) is 2. The first kappa shape index (κ1) is 29.1. The number of hydrogen-bond acceptors (Lipinski definition) is 8. The van der Waals surface area contributed by atoms with Gasteiger partial charge in [-0.15, -0.1) is 0 Å². The van der Waals surface area contributed by atoms with Crippen molar-refractivity contribution >= 4 is 41.5 Å². The van der Waals surface area contributed by atoms with Gasteiger partial charge in [0, 0.05) is 13.1 Å². The first-order valence-electron chi connectivity index (χ1n) is 10.8. The molecule has 0 aliphatic carbocycles. The Bertz CT molecular complexity index is 860. The molecule has 4 amide bonds. The van der Waals surface area contributed by atoms with Gasteiger partial charge in [0.25, 0.3) is 0 Å². The zero-order valence-corrected chi connectivity index (χ0v) is 19.0. The Balaban J connectivity index is 2.89. The number of likely N-dealkylation sites (tertiary alicyclic amines) is 1. The van der Waals surface area contributed by atoms with E-state index < -0.39 is 72.6 Å². The molecule has 4 unspecified atom stereocenters. The molecule has 1 heterocycles. The Morgan fingerprint density at radius 1 is 1.00 bits per heavy atom. The van der Waals surface area contributed by atoms with Gasteiger partial charge in [-0.25, -0.2) is 4.79 Å². The summed E-state index contributed by atoms with van der Waals surface area (Å²) in [6.45, 7) is 0.319. The molecule has 196 valence electrons. The monoisotopic (exact) mass is 500 g/mol. The summed E-state index contributed by atoms with van der Waals surface area (Å²) in [5.74, 6) is -6.38. The Morgan fingerprint density at radius 2 is 1.66 bits per heavy atom. The fourth-order valence-corrected chi connectivity index (χ4v) is 3.48. The molecule has 1 fully saturated rings. The van der Waals surface area contributed by atoms with Gasteiger partial charge in [-0.3, -0.25) is 29.0 Å². The molecule has 0 radical (unpaired) electrons. The number of carboxylic acid groups (broad SMARTS) is 2. The molecule has 1 saturated heterocycles. The van der Waals surface area contributed by atoms with Crippen molar-refractivity contribution in [2.75, 3.05) is 13.1 Å². The first-order valence-corrected chi connectivity index (χ1v) is 10.8. The molecule has 0 aromatic heterocycles. The number of primary amides is 1. The third-order valence-corrected chi connectivity index (χ3v) is 5.16. The van der Waals surface area contributed by atoms with Crippen molar-refractivity contribution in [2.45, 2.75) is 62.7 Å². The molecule has 0 bridgehead atoms. The Kier molecular flexibility index (Phi) is 11.4. The van der Waals surface area contributed by atoms with Gasteiger partial charge < -0.3 is 48.7 Å². The van der Waals surface area contributed by atoms with Gasteiger partial charge in [-0.2, -0.15) is 0 Å². The van der Waals surface area contributed by atoms with Crippen molar-refractivity contribution in [3.63, 3.8) is 0 Å². The molecule has 0 aromatic rings. The molecule has 16 nitrogen and oxygen atoms in total. The van der Waals surface area contributed by atoms with E-state index in [1.54, 1.807) is 0 Å². The van der Waals surface area contributed by atoms with Crippen LogP contribution in [0.4, 0.5) is 0 Å². The van der Waals surface area contributed by atoms with Crippen molar-refractivity contribution in [1.82, 2.24) is 15.5 Å². The maximum atomic E-state index is 13.1. The number of hydrogen-bond donors (Lipinski definition) is 8. The summed E-state index contributed by atoms with van der Waals surface area (Å²) >= 11 is 0. The predicted molar refractivity (Wildman–Crippen MR) is 120 cm³/mol. The van der Waals surface area contributed by atoms with Crippen LogP contribution in [0.1, 0.15) is 38.5 Å². The number of carbonyl (C=O) groups is 6. The molecule has 0 spiro atoms. The van der Waals surface area contributed by atoms with Crippen LogP contribution in [-0.2, 0) is 28.8 Å². The summed E-state index contributed by atoms with van der Waals surface area (Å²) in [5.41, 5.74) is 21.5. The highest BCUT2D eigenvalue weighted by atomic mass is 16.4. The summed E-state index contributed by atoms with van der Waals surface area (Å²) in [6, 6.07) is -5.28. The minimum atomic E-state index is -1.70. The summed E-state index contributed by atoms with van der Waals surface area (Å²) in [6.07, 6.45) is -0.331. The van der Waals surface area contributed by atoms with E-state index >= 15 is 0 Å². The lowest BCUT2D eigenvalue weighted by Gasteiger charge is -2.29. The van der Waals surface area contributed by atoms with Crippen LogP contribution in [0.25, 0.3) is 0 Å². The molecular formula is C19H32N8O8. The second kappa shape index (κ2) is 13.7. The van der Waals surface area contributed by atoms with Crippen LogP contribution in [0.15, 0.2) is 4.99 Å². The lowest BCUT2D eigenvalue weighted by Crippen LogP contribution is -2.57. The number of nitrogens with two attached hydrogens (primary N) is 4. The molecule has 1 rings (SSSR count). The molecule has 12 N–H and O–H groups in total. The average Bonchev–Trinajstić information content (AvgIpc) is 3.24. The number of carboxylic acids is 2. The quantitative estimate of drug-likeness (QED) is 0.0642. The number of rotatable bonds is 14. The van der Waals surface area contributed by atoms with Crippen LogP contribution in [0, 0.1) is 0 Å². The second-order valence-corrected chi connectivity index (χ2v) is 7.97. The van der Waals surface area contributed by atoms with E-state index in [0.717, 1.165) is 4.90 Å². The summed E-state index contributed by atoms with van der Waals surface area (Å²) in [4.78, 5) is 76.7. The molecule has 16 heteroatoms. The molecule has 1 aliphatic rings. The fourth-order valence-electron chi connectivity index (χ4n) is 3.48. The number of guanidine groups is 1. The maximum absolute atomic E-state index is 13.1. The topological polar surface area (TPSA) is 287 Å². The van der Waals surface area contributed by atoms with Gasteiger partial charge in [0.05, 0.1) is 18.9 Å². The maximum Gasteiger partial charge on any atom is 0.326 e. The third kappa shape index (κ3) is 9.83. The van der Waals surface area contributed by atoms with Crippen LogP contribution >= 0.6 is 0 Å². The average molecular weight is 501 g/mol. The molecule has 35 heavy (non-hydrogen) atoms. The van der Waals surface area contributed by atoms with Crippen molar-refractivity contribution in [3.05, 3.63) is 0 Å². The van der Waals surface area contributed by atoms with Crippen molar-refractivity contribution in [1.29, 1.82) is 0 Å². The van der Waals surface area contributed by atoms with Gasteiger partial charge in [-0.05, 0) is 25.7 Å². The molecule has 4 atom stereocenters. The van der Waals surface area contributed by atoms with Crippen LogP contribution in [0.5, 0.6) is 0 Å². The van der Waals surface area contributed by atoms with Gasteiger partial charge in [0.1, 0.15) is 18.1 Å². The predicted octanol–water partition coefficient (Wildman–Crippen LogP) is -4.24. The van der Waals surface area contributed by atoms with Gasteiger partial charge in [0.2, 0.25) is 23.6 Å². The molecule has 0 aromatic carbocycles. The Labute approximate surface area is 200 Å². The number of aliphatic carboxylic acids is 2. The van der Waals surface area contributed by atoms with Crippen LogP contribution < -0.4 is 33.6 Å². The normalized spacial score (nSPS) is 17.5. The van der Waals surface area contributed by atoms with Gasteiger partial charge in [0.15, 0.2) is 5.96 Å². The largest absolute Gasteiger partial charge is 0.481 e. The number of aliphatic imine (C=N–C) groups is 1. The zero-order valence-electron chi connectivity index (χ0n) is 19.0. The van der Waals surface area contributed by atoms with E-state index in [-0.39, 0.29) is 31.9 Å². The number of nitrogens with one attached hydrogen (secondary N) is 2. The van der Waals surface area contributed by atoms with Crippen LogP contribution in [0.3, 0.4) is 0 Å². The smallest absolute Gasteiger partial charge is 0.326 e. The van der Waals surface area contributed by atoms with Crippen molar-refractivity contribution in [2.24, 2.45) is 27.9 Å². The van der Waals surface area contributed by atoms with Crippen molar-refractivity contribution < 1.29 is 39.0 Å². The van der Waals surface area contributed by atoms with Gasteiger partial charge >= 0.3 is 11.9 Å². The first-order chi connectivity index (χ1) is 16.3. The summed E-state index contributed by atoms with van der Waals surface area (Å²) < 4.78 is 0. The van der Waals surface area contributed by atoms with E-state index in [1.165, 1.54) is 0 Å². The summed E-state index contributed by atoms with van der Waals surface area (Å²) in [7, 11) is 0. The van der Waals surface area contributed by atoms with E-state index in [2.05, 4.69) is 15.6 Å². The van der Waals surface area contributed by atoms with Crippen LogP contribution in [-0.4, -0.2) is 93.9 Å². The Hall–Kier alpha value is -3.95. The highest BCUT2D eigenvalue weighted by molar-refractivity contribution is 5.96. The van der Waals surface area contributed by atoms with E-state index in [0.29, 0.717) is 12.8 Å². The fraction of sp³-hybridized carbons (Fsp3) is 0.632. The highest BCUT2D eigenvalue weighted by Gasteiger charge is 2.39. The van der Waals surface area contributed by atoms with E-state index in [9.17, 15) is 28.8 Å². The van der Waals surface area contributed by atoms with E-state index in [4.69, 9.17) is 33.1 Å². The summed E-state index contributed by atoms with van der Waals surface area (Å²) in [5, 5.41) is 22.5. The minimum Gasteiger partial charge on any atom is -0.481 e. The number of amides is 4. The third-order valence-electron chi connectivity index (χ3n) is 5.16. The second-order valence-electron chi connectivity index (χ2n) is 7.97. The van der Waals surface area contributed by atoms with E-state index in [1.807, 2.05) is 0 Å². The molecular weight excluding hydrogens is 468 g/mol. The SMILES string of the molecule is NC(=O)CC(NC(=O)C(N)CCCN=C(N)N)C(=O)N1CCCC1C(=O)NC(CC(=O)O)C(=O)O. The lowest BCUT2D eigenvalue weighted by molar-refractivity contribution is -0.148. The zero-order chi connectivity index (χ0) is 26.7. The lowest BCUT2D eigenvalue weighted by atomic mass is 10.1. The van der Waals surface area contributed by atoms with Gasteiger partial charge in [-0.1, -0.05) is 0 Å². The highest BCUT2D eigenvalue weighted by Crippen LogP contribution is 2.20. The minimum absolute atomic E-state index is 0.0866. The number of carbonyl (C=O) groups excluding carboxylic acids is 4. The molecule has 1 aliphatic heterocycles. The molecule has 0 saturated carbocycles. The van der Waals surface area contributed by atoms with Crippen molar-refractivity contribution in [3.8, 4) is 0 Å². The van der Waals surface area contributed by atoms with Crippen LogP contribution in [0.2, 0.25) is 0 Å². The Morgan fingerprint density at radius 3 is 2.20 bits per heavy atom.